The summed E-state index contributed by atoms with van der Waals surface area (Å²) in [5.74, 6) is 2.69. The predicted molar refractivity (Wildman–Crippen MR) is 82.9 cm³/mol. The lowest BCUT2D eigenvalue weighted by atomic mass is 10.0. The molecule has 1 nitrogen and oxygen atoms in total. The third kappa shape index (κ3) is 5.02. The standard InChI is InChI=1S/C15H19BrClN/c1-3-5-6-7-15(18-10-4-2)13-9-8-12(16)11-14(13)17/h1,8-9,11,15,18H,4-7,10H2,2H3. The van der Waals surface area contributed by atoms with Crippen molar-refractivity contribution in [2.75, 3.05) is 6.54 Å². The van der Waals surface area contributed by atoms with Gasteiger partial charge in [0.2, 0.25) is 0 Å². The molecule has 3 heteroatoms. The zero-order valence-corrected chi connectivity index (χ0v) is 13.0. The van der Waals surface area contributed by atoms with E-state index in [4.69, 9.17) is 18.0 Å². The Kier molecular flexibility index (Phi) is 7.42. The Morgan fingerprint density at radius 1 is 1.50 bits per heavy atom. The van der Waals surface area contributed by atoms with Crippen LogP contribution in [-0.2, 0) is 0 Å². The highest BCUT2D eigenvalue weighted by atomic mass is 79.9. The van der Waals surface area contributed by atoms with E-state index in [0.717, 1.165) is 47.3 Å². The molecule has 1 aromatic carbocycles. The quantitative estimate of drug-likeness (QED) is 0.552. The Hall–Kier alpha value is -0.490. The largest absolute Gasteiger partial charge is 0.310 e. The van der Waals surface area contributed by atoms with Crippen LogP contribution in [0.25, 0.3) is 0 Å². The maximum Gasteiger partial charge on any atom is 0.0465 e. The molecule has 1 atom stereocenters. The van der Waals surface area contributed by atoms with E-state index in [9.17, 15) is 0 Å². The van der Waals surface area contributed by atoms with Gasteiger partial charge in [0.1, 0.15) is 0 Å². The zero-order valence-electron chi connectivity index (χ0n) is 10.7. The molecule has 18 heavy (non-hydrogen) atoms. The Balaban J connectivity index is 2.76. The van der Waals surface area contributed by atoms with Crippen molar-refractivity contribution in [3.05, 3.63) is 33.3 Å². The molecule has 1 unspecified atom stereocenters. The SMILES string of the molecule is C#CCCCC(NCCC)c1ccc(Br)cc1Cl. The van der Waals surface area contributed by atoms with E-state index in [1.54, 1.807) is 0 Å². The van der Waals surface area contributed by atoms with Crippen LogP contribution >= 0.6 is 27.5 Å². The van der Waals surface area contributed by atoms with Gasteiger partial charge in [0, 0.05) is 22.0 Å². The Bertz CT molecular complexity index is 411. The van der Waals surface area contributed by atoms with E-state index < -0.39 is 0 Å². The van der Waals surface area contributed by atoms with E-state index in [2.05, 4.69) is 40.2 Å². The van der Waals surface area contributed by atoms with E-state index in [0.29, 0.717) is 6.04 Å². The molecule has 0 spiro atoms. The molecule has 0 aromatic heterocycles. The normalized spacial score (nSPS) is 12.1. The van der Waals surface area contributed by atoms with Crippen LogP contribution in [0.4, 0.5) is 0 Å². The third-order valence-electron chi connectivity index (χ3n) is 2.79. The Morgan fingerprint density at radius 2 is 2.28 bits per heavy atom. The van der Waals surface area contributed by atoms with E-state index in [1.165, 1.54) is 0 Å². The second kappa shape index (κ2) is 8.58. The lowest BCUT2D eigenvalue weighted by Crippen LogP contribution is -2.22. The maximum absolute atomic E-state index is 6.31. The first-order valence-electron chi connectivity index (χ1n) is 6.30. The molecule has 1 N–H and O–H groups in total. The van der Waals surface area contributed by atoms with Gasteiger partial charge in [0.25, 0.3) is 0 Å². The molecule has 0 aliphatic carbocycles. The summed E-state index contributed by atoms with van der Waals surface area (Å²) < 4.78 is 1.01. The number of halogens is 2. The summed E-state index contributed by atoms with van der Waals surface area (Å²) in [4.78, 5) is 0. The smallest absolute Gasteiger partial charge is 0.0465 e. The topological polar surface area (TPSA) is 12.0 Å². The van der Waals surface area contributed by atoms with Crippen LogP contribution in [-0.4, -0.2) is 6.54 Å². The zero-order chi connectivity index (χ0) is 13.4. The number of unbranched alkanes of at least 4 members (excludes halogenated alkanes) is 1. The summed E-state index contributed by atoms with van der Waals surface area (Å²) >= 11 is 9.74. The molecule has 0 saturated heterocycles. The van der Waals surface area contributed by atoms with Gasteiger partial charge in [0.15, 0.2) is 0 Å². The lowest BCUT2D eigenvalue weighted by molar-refractivity contribution is 0.487. The van der Waals surface area contributed by atoms with E-state index in [1.807, 2.05) is 12.1 Å². The van der Waals surface area contributed by atoms with Crippen molar-refractivity contribution in [2.45, 2.75) is 38.6 Å². The summed E-state index contributed by atoms with van der Waals surface area (Å²) in [6, 6.07) is 6.34. The van der Waals surface area contributed by atoms with Gasteiger partial charge in [-0.1, -0.05) is 40.5 Å². The number of hydrogen-bond donors (Lipinski definition) is 1. The fourth-order valence-corrected chi connectivity index (χ4v) is 2.68. The summed E-state index contributed by atoms with van der Waals surface area (Å²) in [5, 5.41) is 4.34. The average molecular weight is 329 g/mol. The van der Waals surface area contributed by atoms with Gasteiger partial charge in [-0.3, -0.25) is 0 Å². The third-order valence-corrected chi connectivity index (χ3v) is 3.61. The first-order valence-corrected chi connectivity index (χ1v) is 7.48. The molecule has 0 fully saturated rings. The molecule has 0 aliphatic heterocycles. The van der Waals surface area contributed by atoms with E-state index in [-0.39, 0.29) is 0 Å². The summed E-state index contributed by atoms with van der Waals surface area (Å²) in [6.07, 6.45) is 9.27. The molecular formula is C15H19BrClN. The highest BCUT2D eigenvalue weighted by Gasteiger charge is 2.13. The van der Waals surface area contributed by atoms with Gasteiger partial charge in [0.05, 0.1) is 0 Å². The molecule has 1 rings (SSSR count). The van der Waals surface area contributed by atoms with Crippen molar-refractivity contribution in [2.24, 2.45) is 0 Å². The first-order chi connectivity index (χ1) is 8.69. The maximum atomic E-state index is 6.31. The van der Waals surface area contributed by atoms with Crippen LogP contribution in [0.3, 0.4) is 0 Å². The minimum absolute atomic E-state index is 0.291. The molecule has 98 valence electrons. The van der Waals surface area contributed by atoms with Gasteiger partial charge < -0.3 is 5.32 Å². The number of rotatable bonds is 7. The number of benzene rings is 1. The second-order valence-electron chi connectivity index (χ2n) is 4.27. The van der Waals surface area contributed by atoms with Crippen molar-refractivity contribution < 1.29 is 0 Å². The molecule has 1 aromatic rings. The molecule has 0 amide bonds. The monoisotopic (exact) mass is 327 g/mol. The van der Waals surface area contributed by atoms with Crippen molar-refractivity contribution in [3.63, 3.8) is 0 Å². The highest BCUT2D eigenvalue weighted by Crippen LogP contribution is 2.29. The van der Waals surface area contributed by atoms with Crippen molar-refractivity contribution in [1.29, 1.82) is 0 Å². The minimum atomic E-state index is 0.291. The average Bonchev–Trinajstić information content (AvgIpc) is 2.34. The summed E-state index contributed by atoms with van der Waals surface area (Å²) in [5.41, 5.74) is 1.16. The number of nitrogens with one attached hydrogen (secondary N) is 1. The Morgan fingerprint density at radius 3 is 2.89 bits per heavy atom. The molecule has 0 radical (unpaired) electrons. The van der Waals surface area contributed by atoms with Crippen LogP contribution in [0.2, 0.25) is 5.02 Å². The molecule has 0 heterocycles. The molecule has 0 saturated carbocycles. The van der Waals surface area contributed by atoms with Gasteiger partial charge >= 0.3 is 0 Å². The van der Waals surface area contributed by atoms with Gasteiger partial charge in [-0.05, 0) is 43.5 Å². The second-order valence-corrected chi connectivity index (χ2v) is 5.59. The predicted octanol–water partition coefficient (Wildman–Crippen LogP) is 4.95. The summed E-state index contributed by atoms with van der Waals surface area (Å²) in [6.45, 7) is 3.15. The molecular weight excluding hydrogens is 310 g/mol. The minimum Gasteiger partial charge on any atom is -0.310 e. The fraction of sp³-hybridized carbons (Fsp3) is 0.467. The summed E-state index contributed by atoms with van der Waals surface area (Å²) in [7, 11) is 0. The highest BCUT2D eigenvalue weighted by molar-refractivity contribution is 9.10. The van der Waals surface area contributed by atoms with Crippen molar-refractivity contribution in [3.8, 4) is 12.3 Å². The first kappa shape index (κ1) is 15.6. The van der Waals surface area contributed by atoms with Crippen molar-refractivity contribution in [1.82, 2.24) is 5.32 Å². The van der Waals surface area contributed by atoms with Crippen LogP contribution in [0.5, 0.6) is 0 Å². The van der Waals surface area contributed by atoms with Gasteiger partial charge in [-0.2, -0.15) is 0 Å². The lowest BCUT2D eigenvalue weighted by Gasteiger charge is -2.20. The van der Waals surface area contributed by atoms with Crippen LogP contribution in [0, 0.1) is 12.3 Å². The number of terminal acetylenes is 1. The Labute approximate surface area is 123 Å². The van der Waals surface area contributed by atoms with Gasteiger partial charge in [-0.15, -0.1) is 12.3 Å². The number of hydrogen-bond acceptors (Lipinski definition) is 1. The fourth-order valence-electron chi connectivity index (χ4n) is 1.88. The van der Waals surface area contributed by atoms with Crippen LogP contribution < -0.4 is 5.32 Å². The van der Waals surface area contributed by atoms with Crippen molar-refractivity contribution >= 4 is 27.5 Å². The molecule has 0 aliphatic rings. The van der Waals surface area contributed by atoms with Crippen LogP contribution in [0.1, 0.15) is 44.2 Å². The van der Waals surface area contributed by atoms with Gasteiger partial charge in [-0.25, -0.2) is 0 Å². The molecule has 0 bridgehead atoms. The van der Waals surface area contributed by atoms with E-state index >= 15 is 0 Å². The van der Waals surface area contributed by atoms with Crippen LogP contribution in [0.15, 0.2) is 22.7 Å².